The summed E-state index contributed by atoms with van der Waals surface area (Å²) in [4.78, 5) is 39.1. The number of nitrogens with zero attached hydrogens (tertiary/aromatic N) is 1. The smallest absolute Gasteiger partial charge is 0.335 e. The number of rotatable bonds is 5. The van der Waals surface area contributed by atoms with Gasteiger partial charge < -0.3 is 4.74 Å². The second kappa shape index (κ2) is 10.4. The van der Waals surface area contributed by atoms with Crippen molar-refractivity contribution < 1.29 is 19.1 Å². The molecule has 0 aromatic heterocycles. The van der Waals surface area contributed by atoms with E-state index in [4.69, 9.17) is 16.3 Å². The molecule has 35 heavy (non-hydrogen) atoms. The van der Waals surface area contributed by atoms with Crippen LogP contribution < -0.4 is 15.0 Å². The van der Waals surface area contributed by atoms with Crippen molar-refractivity contribution in [2.75, 3.05) is 4.90 Å². The summed E-state index contributed by atoms with van der Waals surface area (Å²) < 4.78 is 7.30. The third-order valence-corrected chi connectivity index (χ3v) is 7.06. The van der Waals surface area contributed by atoms with E-state index in [-0.39, 0.29) is 5.57 Å². The molecule has 0 aliphatic carbocycles. The maximum atomic E-state index is 13.2. The van der Waals surface area contributed by atoms with Crippen LogP contribution in [0.15, 0.2) is 69.1 Å². The fourth-order valence-electron chi connectivity index (χ4n) is 3.58. The number of carbonyl (C=O) groups excluding carboxylic acids is 3. The molecule has 4 amide bonds. The van der Waals surface area contributed by atoms with E-state index >= 15 is 0 Å². The first-order chi connectivity index (χ1) is 16.6. The monoisotopic (exact) mass is 616 g/mol. The van der Waals surface area contributed by atoms with Gasteiger partial charge in [-0.25, -0.2) is 9.69 Å². The van der Waals surface area contributed by atoms with E-state index < -0.39 is 17.8 Å². The van der Waals surface area contributed by atoms with Crippen LogP contribution in [0.5, 0.6) is 5.75 Å². The minimum Gasteiger partial charge on any atom is -0.486 e. The Bertz CT molecular complexity index is 1380. The average molecular weight is 619 g/mol. The Balaban J connectivity index is 1.62. The first-order valence-corrected chi connectivity index (χ1v) is 12.5. The standard InChI is InChI=1S/C26H19Br2ClN2O4/c1-14-4-3-5-16(8-14)13-35-23-21(28)11-17(12-22(23)29)10-19-24(32)30-26(34)31(25(19)33)18-6-7-20(27)15(2)9-18/h3-12H,13H2,1-2H3,(H,30,32,34)/b19-10+. The first-order valence-electron chi connectivity index (χ1n) is 10.5. The summed E-state index contributed by atoms with van der Waals surface area (Å²) in [6.45, 7) is 4.17. The van der Waals surface area contributed by atoms with Gasteiger partial charge in [0.05, 0.1) is 15.2 Å². The summed E-state index contributed by atoms with van der Waals surface area (Å²) in [6, 6.07) is 15.5. The third-order valence-electron chi connectivity index (χ3n) is 5.30. The molecule has 6 nitrogen and oxygen atoms in total. The number of amides is 4. The highest BCUT2D eigenvalue weighted by Gasteiger charge is 2.37. The van der Waals surface area contributed by atoms with Gasteiger partial charge in [-0.1, -0.05) is 57.4 Å². The molecule has 0 spiro atoms. The van der Waals surface area contributed by atoms with E-state index in [1.165, 1.54) is 6.08 Å². The zero-order valence-corrected chi connectivity index (χ0v) is 22.6. The second-order valence-electron chi connectivity index (χ2n) is 7.98. The number of imide groups is 2. The van der Waals surface area contributed by atoms with Crippen molar-refractivity contribution in [2.24, 2.45) is 0 Å². The van der Waals surface area contributed by atoms with Crippen molar-refractivity contribution >= 4 is 73.1 Å². The predicted molar refractivity (Wildman–Crippen MR) is 143 cm³/mol. The van der Waals surface area contributed by atoms with E-state index in [9.17, 15) is 14.4 Å². The van der Waals surface area contributed by atoms with Crippen LogP contribution in [0.2, 0.25) is 5.02 Å². The maximum absolute atomic E-state index is 13.2. The lowest BCUT2D eigenvalue weighted by Gasteiger charge is -2.26. The van der Waals surface area contributed by atoms with Crippen LogP contribution in [0.3, 0.4) is 0 Å². The maximum Gasteiger partial charge on any atom is 0.335 e. The van der Waals surface area contributed by atoms with Crippen molar-refractivity contribution in [1.29, 1.82) is 0 Å². The Labute approximate surface area is 224 Å². The number of halogens is 3. The molecule has 1 saturated heterocycles. The number of urea groups is 1. The normalized spacial score (nSPS) is 14.9. The lowest BCUT2D eigenvalue weighted by Crippen LogP contribution is -2.54. The van der Waals surface area contributed by atoms with Gasteiger partial charge in [-0.3, -0.25) is 14.9 Å². The van der Waals surface area contributed by atoms with Crippen LogP contribution in [0.4, 0.5) is 10.5 Å². The van der Waals surface area contributed by atoms with Gasteiger partial charge in [0.1, 0.15) is 12.2 Å². The molecule has 1 fully saturated rings. The SMILES string of the molecule is Cc1cccc(COc2c(Cl)cc(/C=C3\C(=O)NC(=O)N(c4ccc(Br)c(C)c4)C3=O)cc2Br)c1. The van der Waals surface area contributed by atoms with Gasteiger partial charge >= 0.3 is 6.03 Å². The molecule has 0 bridgehead atoms. The Kier molecular flexibility index (Phi) is 7.44. The van der Waals surface area contributed by atoms with E-state index in [1.807, 2.05) is 38.1 Å². The lowest BCUT2D eigenvalue weighted by molar-refractivity contribution is -0.122. The largest absolute Gasteiger partial charge is 0.486 e. The average Bonchev–Trinajstić information content (AvgIpc) is 2.78. The highest BCUT2D eigenvalue weighted by Crippen LogP contribution is 2.36. The summed E-state index contributed by atoms with van der Waals surface area (Å²) >= 11 is 13.3. The van der Waals surface area contributed by atoms with Crippen LogP contribution in [-0.2, 0) is 16.2 Å². The molecule has 0 unspecified atom stereocenters. The van der Waals surface area contributed by atoms with Gasteiger partial charge in [0.2, 0.25) is 0 Å². The number of hydrogen-bond acceptors (Lipinski definition) is 4. The van der Waals surface area contributed by atoms with Gasteiger partial charge in [-0.15, -0.1) is 0 Å². The molecule has 1 N–H and O–H groups in total. The number of benzene rings is 3. The highest BCUT2D eigenvalue weighted by atomic mass is 79.9. The van der Waals surface area contributed by atoms with E-state index in [0.717, 1.165) is 26.1 Å². The van der Waals surface area contributed by atoms with Crippen molar-refractivity contribution in [3.8, 4) is 5.75 Å². The fourth-order valence-corrected chi connectivity index (χ4v) is 4.82. The lowest BCUT2D eigenvalue weighted by atomic mass is 10.1. The van der Waals surface area contributed by atoms with Gasteiger partial charge in [-0.05, 0) is 82.9 Å². The number of ether oxygens (including phenoxy) is 1. The van der Waals surface area contributed by atoms with Crippen LogP contribution in [0.1, 0.15) is 22.3 Å². The number of barbiturate groups is 1. The molecular weight excluding hydrogens is 600 g/mol. The topological polar surface area (TPSA) is 75.7 Å². The van der Waals surface area contributed by atoms with Gasteiger partial charge in [-0.2, -0.15) is 0 Å². The molecule has 1 aliphatic rings. The van der Waals surface area contributed by atoms with Crippen molar-refractivity contribution in [3.63, 3.8) is 0 Å². The van der Waals surface area contributed by atoms with E-state index in [1.54, 1.807) is 30.3 Å². The fraction of sp³-hybridized carbons (Fsp3) is 0.115. The molecule has 3 aromatic carbocycles. The zero-order chi connectivity index (χ0) is 25.3. The molecule has 1 aliphatic heterocycles. The third kappa shape index (κ3) is 5.50. The molecular formula is C26H19Br2ClN2O4. The summed E-state index contributed by atoms with van der Waals surface area (Å²) in [7, 11) is 0. The van der Waals surface area contributed by atoms with E-state index in [0.29, 0.717) is 33.1 Å². The Morgan fingerprint density at radius 3 is 2.46 bits per heavy atom. The van der Waals surface area contributed by atoms with Gasteiger partial charge in [0.25, 0.3) is 11.8 Å². The number of hydrogen-bond donors (Lipinski definition) is 1. The molecule has 0 radical (unpaired) electrons. The van der Waals surface area contributed by atoms with Crippen molar-refractivity contribution in [3.05, 3.63) is 96.4 Å². The molecule has 0 saturated carbocycles. The molecule has 178 valence electrons. The first kappa shape index (κ1) is 25.2. The zero-order valence-electron chi connectivity index (χ0n) is 18.7. The van der Waals surface area contributed by atoms with Crippen molar-refractivity contribution in [1.82, 2.24) is 5.32 Å². The van der Waals surface area contributed by atoms with E-state index in [2.05, 4.69) is 37.2 Å². The Morgan fingerprint density at radius 1 is 1.00 bits per heavy atom. The summed E-state index contributed by atoms with van der Waals surface area (Å²) in [6.07, 6.45) is 1.39. The summed E-state index contributed by atoms with van der Waals surface area (Å²) in [5.41, 5.74) is 3.61. The van der Waals surface area contributed by atoms with Crippen molar-refractivity contribution in [2.45, 2.75) is 20.5 Å². The van der Waals surface area contributed by atoms with Gasteiger partial charge in [0, 0.05) is 4.47 Å². The Hall–Kier alpha value is -2.94. The molecule has 9 heteroatoms. The predicted octanol–water partition coefficient (Wildman–Crippen LogP) is 6.73. The molecule has 4 rings (SSSR count). The number of carbonyl (C=O) groups is 3. The van der Waals surface area contributed by atoms with Crippen LogP contribution in [0, 0.1) is 13.8 Å². The molecule has 1 heterocycles. The minimum absolute atomic E-state index is 0.193. The minimum atomic E-state index is -0.807. The summed E-state index contributed by atoms with van der Waals surface area (Å²) in [5.74, 6) is -1.07. The number of aryl methyl sites for hydroxylation is 2. The highest BCUT2D eigenvalue weighted by molar-refractivity contribution is 9.10. The van der Waals surface area contributed by atoms with Crippen LogP contribution in [0.25, 0.3) is 6.08 Å². The number of nitrogens with one attached hydrogen (secondary N) is 1. The number of anilines is 1. The second-order valence-corrected chi connectivity index (χ2v) is 10.1. The molecule has 0 atom stereocenters. The summed E-state index contributed by atoms with van der Waals surface area (Å²) in [5, 5.41) is 2.53. The quantitative estimate of drug-likeness (QED) is 0.254. The van der Waals surface area contributed by atoms with Crippen LogP contribution >= 0.6 is 43.5 Å². The van der Waals surface area contributed by atoms with Gasteiger partial charge in [0.15, 0.2) is 5.75 Å². The van der Waals surface area contributed by atoms with Crippen LogP contribution in [-0.4, -0.2) is 17.8 Å². The molecule has 3 aromatic rings. The Morgan fingerprint density at radius 2 is 1.77 bits per heavy atom.